The van der Waals surface area contributed by atoms with Gasteiger partial charge >= 0.3 is 0 Å². The van der Waals surface area contributed by atoms with Gasteiger partial charge in [0.15, 0.2) is 0 Å². The summed E-state index contributed by atoms with van der Waals surface area (Å²) in [4.78, 5) is 2.24. The van der Waals surface area contributed by atoms with Gasteiger partial charge in [0.1, 0.15) is 0 Å². The van der Waals surface area contributed by atoms with Crippen molar-refractivity contribution >= 4 is 21.4 Å². The van der Waals surface area contributed by atoms with Crippen molar-refractivity contribution in [3.8, 4) is 0 Å². The van der Waals surface area contributed by atoms with Crippen LogP contribution in [0.15, 0.2) is 24.3 Å². The normalized spacial score (nSPS) is 19.7. The molecule has 1 aromatic carbocycles. The third-order valence-corrected chi connectivity index (χ3v) is 4.67. The molecule has 1 aliphatic rings. The molecule has 1 heterocycles. The van der Waals surface area contributed by atoms with Crippen LogP contribution in [-0.4, -0.2) is 40.5 Å². The van der Waals surface area contributed by atoms with E-state index in [-0.39, 0.29) is 5.75 Å². The van der Waals surface area contributed by atoms with Crippen LogP contribution in [0, 0.1) is 0 Å². The molecule has 106 valence electrons. The number of ether oxygens (including phenoxy) is 1. The Balaban J connectivity index is 2.03. The Morgan fingerprint density at radius 1 is 1.37 bits per heavy atom. The minimum Gasteiger partial charge on any atom is -0.380 e. The largest absolute Gasteiger partial charge is 0.380 e. The molecule has 0 amide bonds. The predicted molar refractivity (Wildman–Crippen MR) is 77.2 cm³/mol. The van der Waals surface area contributed by atoms with Crippen LogP contribution in [0.4, 0.5) is 11.4 Å². The number of hydrogen-bond acceptors (Lipinski definition) is 4. The minimum atomic E-state index is -3.20. The monoisotopic (exact) mass is 284 g/mol. The molecule has 5 nitrogen and oxygen atoms in total. The van der Waals surface area contributed by atoms with Gasteiger partial charge in [0.2, 0.25) is 10.0 Å². The van der Waals surface area contributed by atoms with Gasteiger partial charge < -0.3 is 9.64 Å². The number of sulfonamides is 1. The zero-order chi connectivity index (χ0) is 13.9. The van der Waals surface area contributed by atoms with Crippen LogP contribution in [0.5, 0.6) is 0 Å². The molecule has 0 spiro atoms. The van der Waals surface area contributed by atoms with Gasteiger partial charge in [0, 0.05) is 31.6 Å². The summed E-state index contributed by atoms with van der Waals surface area (Å²) in [6, 6.07) is 7.46. The Bertz CT molecular complexity index is 513. The molecule has 1 fully saturated rings. The number of hydrogen-bond donors (Lipinski definition) is 1. The summed E-state index contributed by atoms with van der Waals surface area (Å²) >= 11 is 0. The molecule has 6 heteroatoms. The fourth-order valence-electron chi connectivity index (χ4n) is 2.15. The van der Waals surface area contributed by atoms with E-state index in [1.165, 1.54) is 0 Å². The van der Waals surface area contributed by atoms with Crippen molar-refractivity contribution in [2.75, 3.05) is 35.6 Å². The molecule has 1 saturated heterocycles. The first-order valence-electron chi connectivity index (χ1n) is 6.42. The van der Waals surface area contributed by atoms with E-state index in [9.17, 15) is 8.42 Å². The second kappa shape index (κ2) is 5.79. The Morgan fingerprint density at radius 2 is 2.05 bits per heavy atom. The van der Waals surface area contributed by atoms with E-state index in [0.717, 1.165) is 25.2 Å². The van der Waals surface area contributed by atoms with Gasteiger partial charge in [0.05, 0.1) is 11.9 Å². The second-order valence-electron chi connectivity index (χ2n) is 4.64. The highest BCUT2D eigenvalue weighted by molar-refractivity contribution is 7.92. The Labute approximate surface area is 114 Å². The van der Waals surface area contributed by atoms with Gasteiger partial charge in [0.25, 0.3) is 0 Å². The fraction of sp³-hybridized carbons (Fsp3) is 0.538. The first-order valence-corrected chi connectivity index (χ1v) is 8.07. The van der Waals surface area contributed by atoms with Crippen molar-refractivity contribution in [2.45, 2.75) is 19.4 Å². The lowest BCUT2D eigenvalue weighted by atomic mass is 10.2. The van der Waals surface area contributed by atoms with Crippen LogP contribution in [-0.2, 0) is 14.8 Å². The van der Waals surface area contributed by atoms with E-state index in [1.54, 1.807) is 26.2 Å². The topological polar surface area (TPSA) is 58.6 Å². The molecule has 0 unspecified atom stereocenters. The van der Waals surface area contributed by atoms with E-state index >= 15 is 0 Å². The van der Waals surface area contributed by atoms with Crippen molar-refractivity contribution in [1.82, 2.24) is 0 Å². The maximum Gasteiger partial charge on any atom is 0.232 e. The van der Waals surface area contributed by atoms with Crippen molar-refractivity contribution in [3.05, 3.63) is 24.3 Å². The molecular formula is C13H20N2O3S. The Morgan fingerprint density at radius 3 is 2.58 bits per heavy atom. The molecule has 2 rings (SSSR count). The number of benzene rings is 1. The zero-order valence-corrected chi connectivity index (χ0v) is 12.1. The van der Waals surface area contributed by atoms with E-state index in [2.05, 4.69) is 9.62 Å². The van der Waals surface area contributed by atoms with Gasteiger partial charge in [-0.2, -0.15) is 0 Å². The Hall–Kier alpha value is -1.27. The quantitative estimate of drug-likeness (QED) is 0.893. The molecule has 0 bridgehead atoms. The highest BCUT2D eigenvalue weighted by atomic mass is 32.2. The lowest BCUT2D eigenvalue weighted by molar-refractivity contribution is 0.121. The smallest absolute Gasteiger partial charge is 0.232 e. The molecule has 0 saturated carbocycles. The lowest BCUT2D eigenvalue weighted by Gasteiger charge is -2.18. The van der Waals surface area contributed by atoms with Crippen molar-refractivity contribution in [1.29, 1.82) is 0 Å². The number of rotatable bonds is 5. The standard InChI is InChI=1S/C13H20N2O3S/c1-3-19(16,17)14-11-4-6-12(7-5-11)15-9-8-13(10-15)18-2/h4-7,13-14H,3,8-10H2,1-2H3/t13-/m1/s1. The first kappa shape index (κ1) is 14.1. The van der Waals surface area contributed by atoms with Crippen LogP contribution < -0.4 is 9.62 Å². The summed E-state index contributed by atoms with van der Waals surface area (Å²) in [7, 11) is -1.47. The van der Waals surface area contributed by atoms with E-state index in [4.69, 9.17) is 4.74 Å². The number of nitrogens with one attached hydrogen (secondary N) is 1. The first-order chi connectivity index (χ1) is 9.04. The Kier molecular flexibility index (Phi) is 4.31. The number of nitrogens with zero attached hydrogens (tertiary/aromatic N) is 1. The van der Waals surface area contributed by atoms with Crippen LogP contribution >= 0.6 is 0 Å². The highest BCUT2D eigenvalue weighted by Crippen LogP contribution is 2.23. The van der Waals surface area contributed by atoms with E-state index < -0.39 is 10.0 Å². The maximum absolute atomic E-state index is 11.5. The molecule has 0 aliphatic carbocycles. The summed E-state index contributed by atoms with van der Waals surface area (Å²) in [5.74, 6) is 0.0798. The van der Waals surface area contributed by atoms with Crippen LogP contribution in [0.1, 0.15) is 13.3 Å². The fourth-order valence-corrected chi connectivity index (χ4v) is 2.79. The third kappa shape index (κ3) is 3.61. The van der Waals surface area contributed by atoms with Crippen LogP contribution in [0.25, 0.3) is 0 Å². The second-order valence-corrected chi connectivity index (χ2v) is 6.66. The molecule has 19 heavy (non-hydrogen) atoms. The average molecular weight is 284 g/mol. The van der Waals surface area contributed by atoms with Gasteiger partial charge in [-0.3, -0.25) is 4.72 Å². The van der Waals surface area contributed by atoms with E-state index in [1.807, 2.05) is 12.1 Å². The molecule has 0 aromatic heterocycles. The third-order valence-electron chi connectivity index (χ3n) is 3.36. The van der Waals surface area contributed by atoms with Crippen molar-refractivity contribution in [2.24, 2.45) is 0 Å². The van der Waals surface area contributed by atoms with Crippen molar-refractivity contribution in [3.63, 3.8) is 0 Å². The van der Waals surface area contributed by atoms with Crippen LogP contribution in [0.3, 0.4) is 0 Å². The predicted octanol–water partition coefficient (Wildman–Crippen LogP) is 1.67. The van der Waals surface area contributed by atoms with Gasteiger partial charge in [-0.15, -0.1) is 0 Å². The maximum atomic E-state index is 11.5. The van der Waals surface area contributed by atoms with Gasteiger partial charge in [-0.25, -0.2) is 8.42 Å². The number of methoxy groups -OCH3 is 1. The summed E-state index contributed by atoms with van der Waals surface area (Å²) in [6.07, 6.45) is 1.32. The number of anilines is 2. The molecule has 0 radical (unpaired) electrons. The zero-order valence-electron chi connectivity index (χ0n) is 11.3. The summed E-state index contributed by atoms with van der Waals surface area (Å²) in [6.45, 7) is 3.47. The van der Waals surface area contributed by atoms with Crippen molar-refractivity contribution < 1.29 is 13.2 Å². The van der Waals surface area contributed by atoms with Crippen LogP contribution in [0.2, 0.25) is 0 Å². The van der Waals surface area contributed by atoms with E-state index in [0.29, 0.717) is 11.8 Å². The van der Waals surface area contributed by atoms with Gasteiger partial charge in [-0.05, 0) is 37.6 Å². The summed E-state index contributed by atoms with van der Waals surface area (Å²) in [5, 5.41) is 0. The molecule has 1 aromatic rings. The molecule has 1 aliphatic heterocycles. The summed E-state index contributed by atoms with van der Waals surface area (Å²) in [5.41, 5.74) is 1.70. The average Bonchev–Trinajstić information content (AvgIpc) is 2.88. The minimum absolute atomic E-state index is 0.0798. The molecule has 1 N–H and O–H groups in total. The highest BCUT2D eigenvalue weighted by Gasteiger charge is 2.22. The molecule has 1 atom stereocenters. The van der Waals surface area contributed by atoms with Gasteiger partial charge in [-0.1, -0.05) is 0 Å². The summed E-state index contributed by atoms with van der Waals surface area (Å²) < 4.78 is 30.8. The molecular weight excluding hydrogens is 264 g/mol. The lowest BCUT2D eigenvalue weighted by Crippen LogP contribution is -2.22. The SMILES string of the molecule is CCS(=O)(=O)Nc1ccc(N2CC[C@@H](OC)C2)cc1.